The number of hydrogen-bond acceptors (Lipinski definition) is 4. The Kier molecular flexibility index (Phi) is 7.07. The minimum Gasteiger partial charge on any atom is -0.494 e. The number of aromatic carboxylic acids is 1. The van der Waals surface area contributed by atoms with Gasteiger partial charge in [-0.3, -0.25) is 0 Å². The maximum atomic E-state index is 11.0. The number of aryl methyl sites for hydroxylation is 1. The minimum absolute atomic E-state index is 0.165. The van der Waals surface area contributed by atoms with Gasteiger partial charge in [-0.15, -0.1) is 0 Å². The molecule has 5 nitrogen and oxygen atoms in total. The molecule has 0 aliphatic carbocycles. The van der Waals surface area contributed by atoms with Crippen molar-refractivity contribution in [3.63, 3.8) is 0 Å². The summed E-state index contributed by atoms with van der Waals surface area (Å²) in [7, 11) is 0. The molecule has 0 fully saturated rings. The lowest BCUT2D eigenvalue weighted by atomic mass is 9.96. The van der Waals surface area contributed by atoms with Crippen molar-refractivity contribution in [2.24, 2.45) is 0 Å². The number of hydrogen-bond donors (Lipinski definition) is 2. The van der Waals surface area contributed by atoms with Gasteiger partial charge in [0.25, 0.3) is 0 Å². The third-order valence-corrected chi connectivity index (χ3v) is 5.73. The Morgan fingerprint density at radius 1 is 1.09 bits per heavy atom. The number of nitrogens with one attached hydrogen (secondary N) is 1. The Bertz CT molecular complexity index is 1060. The third kappa shape index (κ3) is 5.48. The van der Waals surface area contributed by atoms with E-state index in [-0.39, 0.29) is 6.10 Å². The zero-order valence-electron chi connectivity index (χ0n) is 18.3. The molecule has 0 bridgehead atoms. The molecule has 1 aliphatic rings. The topological polar surface area (TPSA) is 67.8 Å². The van der Waals surface area contributed by atoms with E-state index in [0.717, 1.165) is 55.0 Å². The fraction of sp³-hybridized carbons (Fsp3) is 0.296. The minimum atomic E-state index is -0.908. The summed E-state index contributed by atoms with van der Waals surface area (Å²) < 4.78 is 11.8. The average molecular weight is 432 g/mol. The lowest BCUT2D eigenvalue weighted by Crippen LogP contribution is -2.35. The Morgan fingerprint density at radius 2 is 1.91 bits per heavy atom. The van der Waals surface area contributed by atoms with E-state index in [9.17, 15) is 4.79 Å². The SMILES string of the molecule is CCOc1cccc(CCNC[C@H]2CCc3cc(-c4ccc(C(=O)O)cc4)ccc3O2)c1. The van der Waals surface area contributed by atoms with Gasteiger partial charge in [-0.05, 0) is 91.4 Å². The summed E-state index contributed by atoms with van der Waals surface area (Å²) in [5.41, 5.74) is 4.86. The van der Waals surface area contributed by atoms with Gasteiger partial charge in [0.1, 0.15) is 17.6 Å². The van der Waals surface area contributed by atoms with Crippen LogP contribution >= 0.6 is 0 Å². The van der Waals surface area contributed by atoms with E-state index < -0.39 is 5.97 Å². The Balaban J connectivity index is 1.28. The summed E-state index contributed by atoms with van der Waals surface area (Å²) in [6, 6.07) is 21.5. The highest BCUT2D eigenvalue weighted by Crippen LogP contribution is 2.32. The molecule has 0 saturated carbocycles. The van der Waals surface area contributed by atoms with E-state index in [1.807, 2.05) is 43.3 Å². The molecule has 0 amide bonds. The highest BCUT2D eigenvalue weighted by atomic mass is 16.5. The van der Waals surface area contributed by atoms with Crippen molar-refractivity contribution in [2.45, 2.75) is 32.3 Å². The molecule has 0 radical (unpaired) electrons. The van der Waals surface area contributed by atoms with Crippen LogP contribution in [0.5, 0.6) is 11.5 Å². The van der Waals surface area contributed by atoms with Crippen LogP contribution in [0.2, 0.25) is 0 Å². The van der Waals surface area contributed by atoms with Gasteiger partial charge < -0.3 is 19.9 Å². The summed E-state index contributed by atoms with van der Waals surface area (Å²) in [4.78, 5) is 11.0. The molecule has 0 aromatic heterocycles. The van der Waals surface area contributed by atoms with Crippen LogP contribution in [0.3, 0.4) is 0 Å². The van der Waals surface area contributed by atoms with E-state index in [4.69, 9.17) is 14.6 Å². The van der Waals surface area contributed by atoms with Crippen molar-refractivity contribution in [3.05, 3.63) is 83.4 Å². The molecule has 0 spiro atoms. The number of carboxylic acid groups (broad SMARTS) is 1. The zero-order valence-corrected chi connectivity index (χ0v) is 18.3. The zero-order chi connectivity index (χ0) is 22.3. The molecule has 3 aromatic carbocycles. The van der Waals surface area contributed by atoms with Gasteiger partial charge >= 0.3 is 5.97 Å². The van der Waals surface area contributed by atoms with Crippen LogP contribution in [0.4, 0.5) is 0 Å². The smallest absolute Gasteiger partial charge is 0.335 e. The molecule has 3 aromatic rings. The molecular weight excluding hydrogens is 402 g/mol. The lowest BCUT2D eigenvalue weighted by molar-refractivity contribution is 0.0697. The molecule has 1 heterocycles. The van der Waals surface area contributed by atoms with Gasteiger partial charge in [-0.1, -0.05) is 30.3 Å². The number of rotatable bonds is 9. The molecule has 0 saturated heterocycles. The molecule has 4 rings (SSSR count). The fourth-order valence-corrected chi connectivity index (χ4v) is 4.03. The molecule has 166 valence electrons. The maximum absolute atomic E-state index is 11.0. The van der Waals surface area contributed by atoms with Crippen LogP contribution in [0, 0.1) is 0 Å². The van der Waals surface area contributed by atoms with Crippen LogP contribution < -0.4 is 14.8 Å². The summed E-state index contributed by atoms with van der Waals surface area (Å²) >= 11 is 0. The first-order valence-corrected chi connectivity index (χ1v) is 11.2. The highest BCUT2D eigenvalue weighted by molar-refractivity contribution is 5.88. The lowest BCUT2D eigenvalue weighted by Gasteiger charge is -2.27. The molecule has 1 aliphatic heterocycles. The van der Waals surface area contributed by atoms with Crippen molar-refractivity contribution in [1.82, 2.24) is 5.32 Å². The van der Waals surface area contributed by atoms with E-state index in [1.165, 1.54) is 11.1 Å². The summed E-state index contributed by atoms with van der Waals surface area (Å²) in [6.07, 6.45) is 3.06. The van der Waals surface area contributed by atoms with E-state index in [0.29, 0.717) is 12.2 Å². The van der Waals surface area contributed by atoms with Crippen LogP contribution in [0.1, 0.15) is 34.8 Å². The normalized spacial score (nSPS) is 15.0. The van der Waals surface area contributed by atoms with Gasteiger partial charge in [0.15, 0.2) is 0 Å². The maximum Gasteiger partial charge on any atom is 0.335 e. The second-order valence-corrected chi connectivity index (χ2v) is 8.02. The molecule has 2 N–H and O–H groups in total. The first kappa shape index (κ1) is 21.9. The first-order chi connectivity index (χ1) is 15.6. The Hall–Kier alpha value is -3.31. The molecule has 5 heteroatoms. The highest BCUT2D eigenvalue weighted by Gasteiger charge is 2.20. The van der Waals surface area contributed by atoms with Gasteiger partial charge in [-0.2, -0.15) is 0 Å². The number of carbonyl (C=O) groups is 1. The van der Waals surface area contributed by atoms with Gasteiger partial charge in [0.05, 0.1) is 12.2 Å². The van der Waals surface area contributed by atoms with E-state index >= 15 is 0 Å². The monoisotopic (exact) mass is 431 g/mol. The van der Waals surface area contributed by atoms with E-state index in [1.54, 1.807) is 12.1 Å². The Labute approximate surface area is 189 Å². The Morgan fingerprint density at radius 3 is 2.69 bits per heavy atom. The van der Waals surface area contributed by atoms with Crippen molar-refractivity contribution >= 4 is 5.97 Å². The largest absolute Gasteiger partial charge is 0.494 e. The van der Waals surface area contributed by atoms with Crippen molar-refractivity contribution in [1.29, 1.82) is 0 Å². The van der Waals surface area contributed by atoms with Crippen LogP contribution in [-0.4, -0.2) is 36.9 Å². The summed E-state index contributed by atoms with van der Waals surface area (Å²) in [6.45, 7) is 4.40. The second kappa shape index (κ2) is 10.3. The van der Waals surface area contributed by atoms with Crippen LogP contribution in [-0.2, 0) is 12.8 Å². The fourth-order valence-electron chi connectivity index (χ4n) is 4.03. The van der Waals surface area contributed by atoms with Gasteiger partial charge in [-0.25, -0.2) is 4.79 Å². The quantitative estimate of drug-likeness (QED) is 0.468. The third-order valence-electron chi connectivity index (χ3n) is 5.73. The predicted octanol–water partition coefficient (Wildman–Crippen LogP) is 4.98. The van der Waals surface area contributed by atoms with Crippen molar-refractivity contribution in [3.8, 4) is 22.6 Å². The van der Waals surface area contributed by atoms with Crippen LogP contribution in [0.15, 0.2) is 66.7 Å². The summed E-state index contributed by atoms with van der Waals surface area (Å²) in [5, 5.41) is 12.6. The number of carboxylic acids is 1. The molecular formula is C27H29NO4. The van der Waals surface area contributed by atoms with Crippen molar-refractivity contribution in [2.75, 3.05) is 19.7 Å². The first-order valence-electron chi connectivity index (χ1n) is 11.2. The van der Waals surface area contributed by atoms with E-state index in [2.05, 4.69) is 23.5 Å². The molecule has 32 heavy (non-hydrogen) atoms. The average Bonchev–Trinajstić information content (AvgIpc) is 2.82. The molecule has 1 atom stereocenters. The standard InChI is InChI=1S/C27H29NO4/c1-2-31-24-5-3-4-19(16-24)14-15-28-18-25-12-10-23-17-22(11-13-26(23)32-25)20-6-8-21(9-7-20)27(29)30/h3-9,11,13,16-17,25,28H,2,10,12,14-15,18H2,1H3,(H,29,30)/t25-/m1/s1. The number of benzene rings is 3. The number of ether oxygens (including phenoxy) is 2. The number of fused-ring (bicyclic) bond motifs is 1. The second-order valence-electron chi connectivity index (χ2n) is 8.02. The molecule has 0 unspecified atom stereocenters. The van der Waals surface area contributed by atoms with Crippen molar-refractivity contribution < 1.29 is 19.4 Å². The summed E-state index contributed by atoms with van der Waals surface area (Å²) in [5.74, 6) is 0.960. The van der Waals surface area contributed by atoms with Gasteiger partial charge in [0, 0.05) is 6.54 Å². The predicted molar refractivity (Wildman–Crippen MR) is 126 cm³/mol. The van der Waals surface area contributed by atoms with Crippen LogP contribution in [0.25, 0.3) is 11.1 Å². The van der Waals surface area contributed by atoms with Gasteiger partial charge in [0.2, 0.25) is 0 Å².